The molecule has 3 heteroatoms. The third kappa shape index (κ3) is 1.58. The average Bonchev–Trinajstić information content (AvgIpc) is 2.47. The summed E-state index contributed by atoms with van der Waals surface area (Å²) in [5.41, 5.74) is 2.18. The van der Waals surface area contributed by atoms with Crippen LogP contribution in [-0.2, 0) is 11.2 Å². The molecule has 0 fully saturated rings. The van der Waals surface area contributed by atoms with Gasteiger partial charge in [0.15, 0.2) is 0 Å². The summed E-state index contributed by atoms with van der Waals surface area (Å²) in [5.74, 6) is -0.362. The lowest BCUT2D eigenvalue weighted by Gasteiger charge is -2.07. The summed E-state index contributed by atoms with van der Waals surface area (Å²) in [6.45, 7) is 0. The van der Waals surface area contributed by atoms with Crippen molar-refractivity contribution in [3.05, 3.63) is 29.3 Å². The van der Waals surface area contributed by atoms with Crippen LogP contribution in [0.25, 0.3) is 0 Å². The predicted octanol–water partition coefficient (Wildman–Crippen LogP) is 1.90. The molecule has 0 unspecified atom stereocenters. The lowest BCUT2D eigenvalue weighted by Crippen LogP contribution is -2.02. The summed E-state index contributed by atoms with van der Waals surface area (Å²) in [5, 5.41) is 18.0. The molecule has 1 aromatic rings. The maximum Gasteiger partial charge on any atom is 0.303 e. The fraction of sp³-hybridized carbons (Fsp3) is 0.364. The average molecular weight is 192 g/mol. The Morgan fingerprint density at radius 1 is 1.50 bits per heavy atom. The highest BCUT2D eigenvalue weighted by Gasteiger charge is 2.24. The molecule has 0 heterocycles. The molecule has 1 aliphatic rings. The Balaban J connectivity index is 2.26. The molecule has 2 rings (SSSR count). The lowest BCUT2D eigenvalue weighted by molar-refractivity contribution is -0.137. The number of carboxylic acid groups (broad SMARTS) is 1. The van der Waals surface area contributed by atoms with E-state index in [9.17, 15) is 9.90 Å². The number of aryl methyl sites for hydroxylation is 1. The van der Waals surface area contributed by atoms with Crippen LogP contribution in [0, 0.1) is 0 Å². The van der Waals surface area contributed by atoms with Gasteiger partial charge in [-0.05, 0) is 42.0 Å². The standard InChI is InChI=1S/C11H12O3/c12-9-3-4-10-7(5-9)1-2-8(10)6-11(13)14/h3-5,8,12H,1-2,6H2,(H,13,14)/t8-/m1/s1. The summed E-state index contributed by atoms with van der Waals surface area (Å²) < 4.78 is 0. The number of carboxylic acids is 1. The van der Waals surface area contributed by atoms with E-state index in [-0.39, 0.29) is 18.1 Å². The van der Waals surface area contributed by atoms with Gasteiger partial charge in [-0.2, -0.15) is 0 Å². The quantitative estimate of drug-likeness (QED) is 0.752. The molecule has 14 heavy (non-hydrogen) atoms. The Bertz CT molecular complexity index is 371. The minimum absolute atomic E-state index is 0.128. The first-order valence-corrected chi connectivity index (χ1v) is 4.70. The first-order valence-electron chi connectivity index (χ1n) is 4.70. The molecule has 0 saturated heterocycles. The summed E-state index contributed by atoms with van der Waals surface area (Å²) in [6, 6.07) is 5.20. The number of aliphatic carboxylic acids is 1. The number of phenols is 1. The van der Waals surface area contributed by atoms with Gasteiger partial charge < -0.3 is 10.2 Å². The van der Waals surface area contributed by atoms with E-state index in [4.69, 9.17) is 5.11 Å². The topological polar surface area (TPSA) is 57.5 Å². The smallest absolute Gasteiger partial charge is 0.303 e. The fourth-order valence-electron chi connectivity index (χ4n) is 2.11. The second-order valence-electron chi connectivity index (χ2n) is 3.72. The fourth-order valence-corrected chi connectivity index (χ4v) is 2.11. The molecule has 0 spiro atoms. The maximum atomic E-state index is 10.6. The van der Waals surface area contributed by atoms with Crippen LogP contribution >= 0.6 is 0 Å². The summed E-state index contributed by atoms with van der Waals surface area (Å²) in [7, 11) is 0. The van der Waals surface area contributed by atoms with Gasteiger partial charge in [0.05, 0.1) is 6.42 Å². The SMILES string of the molecule is O=C(O)C[C@H]1CCc2cc(O)ccc21. The molecular weight excluding hydrogens is 180 g/mol. The molecule has 0 bridgehead atoms. The van der Waals surface area contributed by atoms with Gasteiger partial charge in [-0.25, -0.2) is 0 Å². The molecule has 0 saturated carbocycles. The summed E-state index contributed by atoms with van der Waals surface area (Å²) in [4.78, 5) is 10.6. The Morgan fingerprint density at radius 3 is 3.00 bits per heavy atom. The molecule has 1 aromatic carbocycles. The van der Waals surface area contributed by atoms with Crippen LogP contribution in [0.5, 0.6) is 5.75 Å². The van der Waals surface area contributed by atoms with Crippen LogP contribution in [0.4, 0.5) is 0 Å². The lowest BCUT2D eigenvalue weighted by atomic mass is 9.98. The van der Waals surface area contributed by atoms with E-state index in [1.54, 1.807) is 12.1 Å². The molecule has 74 valence electrons. The van der Waals surface area contributed by atoms with Crippen molar-refractivity contribution >= 4 is 5.97 Å². The van der Waals surface area contributed by atoms with Gasteiger partial charge in [0.2, 0.25) is 0 Å². The van der Waals surface area contributed by atoms with E-state index in [0.717, 1.165) is 24.0 Å². The second kappa shape index (κ2) is 3.33. The molecule has 2 N–H and O–H groups in total. The zero-order valence-corrected chi connectivity index (χ0v) is 7.73. The van der Waals surface area contributed by atoms with Crippen LogP contribution in [0.2, 0.25) is 0 Å². The first-order chi connectivity index (χ1) is 6.66. The van der Waals surface area contributed by atoms with Crippen LogP contribution in [0.1, 0.15) is 29.9 Å². The van der Waals surface area contributed by atoms with Crippen molar-refractivity contribution < 1.29 is 15.0 Å². The molecule has 0 aromatic heterocycles. The highest BCUT2D eigenvalue weighted by atomic mass is 16.4. The normalized spacial score (nSPS) is 19.3. The number of phenolic OH excluding ortho intramolecular Hbond substituents is 1. The van der Waals surface area contributed by atoms with Gasteiger partial charge in [0, 0.05) is 0 Å². The zero-order valence-electron chi connectivity index (χ0n) is 7.73. The van der Waals surface area contributed by atoms with E-state index >= 15 is 0 Å². The maximum absolute atomic E-state index is 10.6. The van der Waals surface area contributed by atoms with Crippen molar-refractivity contribution in [1.82, 2.24) is 0 Å². The van der Waals surface area contributed by atoms with Gasteiger partial charge in [-0.15, -0.1) is 0 Å². The van der Waals surface area contributed by atoms with Crippen molar-refractivity contribution in [1.29, 1.82) is 0 Å². The number of hydrogen-bond donors (Lipinski definition) is 2. The minimum atomic E-state index is -0.754. The molecule has 1 atom stereocenters. The van der Waals surface area contributed by atoms with Crippen LogP contribution in [0.15, 0.2) is 18.2 Å². The van der Waals surface area contributed by atoms with E-state index in [1.165, 1.54) is 0 Å². The first kappa shape index (κ1) is 9.06. The number of rotatable bonds is 2. The van der Waals surface area contributed by atoms with E-state index in [1.807, 2.05) is 6.07 Å². The number of hydrogen-bond acceptors (Lipinski definition) is 2. The van der Waals surface area contributed by atoms with Gasteiger partial charge >= 0.3 is 5.97 Å². The van der Waals surface area contributed by atoms with Crippen LogP contribution < -0.4 is 0 Å². The highest BCUT2D eigenvalue weighted by molar-refractivity contribution is 5.68. The molecule has 0 amide bonds. The third-order valence-corrected chi connectivity index (χ3v) is 2.75. The Hall–Kier alpha value is -1.51. The van der Waals surface area contributed by atoms with Crippen LogP contribution in [0.3, 0.4) is 0 Å². The zero-order chi connectivity index (χ0) is 10.1. The monoisotopic (exact) mass is 192 g/mol. The predicted molar refractivity (Wildman–Crippen MR) is 51.4 cm³/mol. The molecule has 0 aliphatic heterocycles. The van der Waals surface area contributed by atoms with Crippen molar-refractivity contribution in [2.24, 2.45) is 0 Å². The van der Waals surface area contributed by atoms with Gasteiger partial charge in [-0.3, -0.25) is 4.79 Å². The minimum Gasteiger partial charge on any atom is -0.508 e. The highest BCUT2D eigenvalue weighted by Crippen LogP contribution is 2.36. The van der Waals surface area contributed by atoms with Gasteiger partial charge in [0.25, 0.3) is 0 Å². The summed E-state index contributed by atoms with van der Waals surface area (Å²) in [6.07, 6.45) is 1.95. The van der Waals surface area contributed by atoms with E-state index < -0.39 is 5.97 Å². The third-order valence-electron chi connectivity index (χ3n) is 2.75. The van der Waals surface area contributed by atoms with Gasteiger partial charge in [-0.1, -0.05) is 6.07 Å². The van der Waals surface area contributed by atoms with Crippen molar-refractivity contribution in [3.63, 3.8) is 0 Å². The number of aromatic hydroxyl groups is 1. The Morgan fingerprint density at radius 2 is 2.29 bits per heavy atom. The second-order valence-corrected chi connectivity index (χ2v) is 3.72. The number of fused-ring (bicyclic) bond motifs is 1. The Labute approximate surface area is 82.0 Å². The molecular formula is C11H12O3. The van der Waals surface area contributed by atoms with E-state index in [0.29, 0.717) is 0 Å². The van der Waals surface area contributed by atoms with Crippen molar-refractivity contribution in [3.8, 4) is 5.75 Å². The largest absolute Gasteiger partial charge is 0.508 e. The summed E-state index contributed by atoms with van der Waals surface area (Å²) >= 11 is 0. The Kier molecular flexibility index (Phi) is 2.15. The van der Waals surface area contributed by atoms with Crippen LogP contribution in [-0.4, -0.2) is 16.2 Å². The molecule has 1 aliphatic carbocycles. The van der Waals surface area contributed by atoms with Gasteiger partial charge in [0.1, 0.15) is 5.75 Å². The van der Waals surface area contributed by atoms with Crippen molar-refractivity contribution in [2.45, 2.75) is 25.2 Å². The number of benzene rings is 1. The van der Waals surface area contributed by atoms with Crippen molar-refractivity contribution in [2.75, 3.05) is 0 Å². The number of carbonyl (C=O) groups is 1. The molecule has 3 nitrogen and oxygen atoms in total. The molecule has 0 radical (unpaired) electrons. The van der Waals surface area contributed by atoms with E-state index in [2.05, 4.69) is 0 Å².